The van der Waals surface area contributed by atoms with E-state index in [4.69, 9.17) is 4.74 Å². The summed E-state index contributed by atoms with van der Waals surface area (Å²) in [6.07, 6.45) is 0.846. The first-order valence-electron chi connectivity index (χ1n) is 8.52. The van der Waals surface area contributed by atoms with Crippen molar-refractivity contribution in [2.75, 3.05) is 19.6 Å². The number of aryl methyl sites for hydroxylation is 1. The predicted octanol–water partition coefficient (Wildman–Crippen LogP) is 3.90. The first-order valence-corrected chi connectivity index (χ1v) is 8.52. The standard InChI is InChI=1S/C19H30N2O2/c1-14-7-6-8-17(11-14)15(2)20-12-16-9-10-21(13-16)18(22)23-19(3,4)5/h6-8,11,15-16,20H,9-10,12-13H2,1-5H3. The van der Waals surface area contributed by atoms with E-state index in [1.54, 1.807) is 0 Å². The molecule has 1 saturated heterocycles. The minimum Gasteiger partial charge on any atom is -0.444 e. The number of amides is 1. The number of nitrogens with one attached hydrogen (secondary N) is 1. The van der Waals surface area contributed by atoms with E-state index in [9.17, 15) is 4.79 Å². The van der Waals surface area contributed by atoms with E-state index < -0.39 is 5.60 Å². The Morgan fingerprint density at radius 3 is 2.83 bits per heavy atom. The average molecular weight is 318 g/mol. The molecule has 0 radical (unpaired) electrons. The van der Waals surface area contributed by atoms with Crippen molar-refractivity contribution in [2.45, 2.75) is 52.7 Å². The number of rotatable bonds is 4. The molecule has 0 aromatic heterocycles. The fourth-order valence-corrected chi connectivity index (χ4v) is 2.89. The van der Waals surface area contributed by atoms with E-state index in [-0.39, 0.29) is 6.09 Å². The number of benzene rings is 1. The van der Waals surface area contributed by atoms with Gasteiger partial charge in [-0.1, -0.05) is 29.8 Å². The van der Waals surface area contributed by atoms with Crippen LogP contribution in [0.2, 0.25) is 0 Å². The predicted molar refractivity (Wildman–Crippen MR) is 93.5 cm³/mol. The third-order valence-corrected chi connectivity index (χ3v) is 4.19. The van der Waals surface area contributed by atoms with Gasteiger partial charge in [-0.3, -0.25) is 0 Å². The maximum Gasteiger partial charge on any atom is 0.410 e. The van der Waals surface area contributed by atoms with Crippen LogP contribution in [0.5, 0.6) is 0 Å². The van der Waals surface area contributed by atoms with Gasteiger partial charge in [-0.15, -0.1) is 0 Å². The van der Waals surface area contributed by atoms with Crippen LogP contribution in [0.4, 0.5) is 4.79 Å². The average Bonchev–Trinajstić information content (AvgIpc) is 2.92. The van der Waals surface area contributed by atoms with E-state index in [0.717, 1.165) is 26.1 Å². The van der Waals surface area contributed by atoms with Crippen molar-refractivity contribution in [3.05, 3.63) is 35.4 Å². The zero-order valence-electron chi connectivity index (χ0n) is 15.1. The third-order valence-electron chi connectivity index (χ3n) is 4.19. The number of likely N-dealkylation sites (tertiary alicyclic amines) is 1. The summed E-state index contributed by atoms with van der Waals surface area (Å²) < 4.78 is 5.44. The highest BCUT2D eigenvalue weighted by atomic mass is 16.6. The zero-order valence-corrected chi connectivity index (χ0v) is 15.1. The van der Waals surface area contributed by atoms with E-state index >= 15 is 0 Å². The van der Waals surface area contributed by atoms with Gasteiger partial charge in [0.1, 0.15) is 5.60 Å². The van der Waals surface area contributed by atoms with Crippen LogP contribution in [-0.4, -0.2) is 36.2 Å². The summed E-state index contributed by atoms with van der Waals surface area (Å²) >= 11 is 0. The Hall–Kier alpha value is -1.55. The molecule has 1 heterocycles. The molecular weight excluding hydrogens is 288 g/mol. The topological polar surface area (TPSA) is 41.6 Å². The maximum absolute atomic E-state index is 12.1. The van der Waals surface area contributed by atoms with Crippen LogP contribution in [0.15, 0.2) is 24.3 Å². The Morgan fingerprint density at radius 2 is 2.17 bits per heavy atom. The van der Waals surface area contributed by atoms with Crippen LogP contribution in [0.25, 0.3) is 0 Å². The highest BCUT2D eigenvalue weighted by Crippen LogP contribution is 2.20. The number of nitrogens with zero attached hydrogens (tertiary/aromatic N) is 1. The Morgan fingerprint density at radius 1 is 1.43 bits per heavy atom. The Kier molecular flexibility index (Phi) is 5.69. The molecule has 0 aliphatic carbocycles. The molecular formula is C19H30N2O2. The van der Waals surface area contributed by atoms with Crippen LogP contribution in [0, 0.1) is 12.8 Å². The molecule has 1 aromatic rings. The molecule has 1 fully saturated rings. The van der Waals surface area contributed by atoms with Gasteiger partial charge in [0.15, 0.2) is 0 Å². The number of carbonyl (C=O) groups excluding carboxylic acids is 1. The molecule has 1 amide bonds. The molecule has 2 rings (SSSR count). The van der Waals surface area contributed by atoms with Gasteiger partial charge in [0.05, 0.1) is 0 Å². The maximum atomic E-state index is 12.1. The second-order valence-electron chi connectivity index (χ2n) is 7.63. The van der Waals surface area contributed by atoms with Gasteiger partial charge < -0.3 is 15.0 Å². The normalized spacial score (nSPS) is 19.7. The van der Waals surface area contributed by atoms with Crippen molar-refractivity contribution < 1.29 is 9.53 Å². The summed E-state index contributed by atoms with van der Waals surface area (Å²) in [5.74, 6) is 0.495. The first-order chi connectivity index (χ1) is 10.7. The second kappa shape index (κ2) is 7.35. The molecule has 4 heteroatoms. The van der Waals surface area contributed by atoms with Crippen molar-refractivity contribution >= 4 is 6.09 Å². The van der Waals surface area contributed by atoms with Gasteiger partial charge in [0, 0.05) is 25.7 Å². The highest BCUT2D eigenvalue weighted by molar-refractivity contribution is 5.68. The summed E-state index contributed by atoms with van der Waals surface area (Å²) in [4.78, 5) is 13.9. The third kappa shape index (κ3) is 5.54. The summed E-state index contributed by atoms with van der Waals surface area (Å²) in [5, 5.41) is 3.60. The summed E-state index contributed by atoms with van der Waals surface area (Å²) in [6, 6.07) is 8.92. The van der Waals surface area contributed by atoms with Gasteiger partial charge in [0.25, 0.3) is 0 Å². The zero-order chi connectivity index (χ0) is 17.0. The van der Waals surface area contributed by atoms with E-state index in [1.807, 2.05) is 25.7 Å². The molecule has 128 valence electrons. The van der Waals surface area contributed by atoms with Crippen molar-refractivity contribution in [3.8, 4) is 0 Å². The van der Waals surface area contributed by atoms with E-state index in [0.29, 0.717) is 12.0 Å². The molecule has 0 spiro atoms. The molecule has 1 aromatic carbocycles. The van der Waals surface area contributed by atoms with Gasteiger partial charge in [-0.05, 0) is 52.5 Å². The molecule has 1 aliphatic rings. The SMILES string of the molecule is Cc1cccc(C(C)NCC2CCN(C(=O)OC(C)(C)C)C2)c1. The molecule has 1 aliphatic heterocycles. The van der Waals surface area contributed by atoms with Crippen LogP contribution >= 0.6 is 0 Å². The van der Waals surface area contributed by atoms with Gasteiger partial charge >= 0.3 is 6.09 Å². The second-order valence-corrected chi connectivity index (χ2v) is 7.63. The number of ether oxygens (including phenoxy) is 1. The van der Waals surface area contributed by atoms with Gasteiger partial charge in [-0.25, -0.2) is 4.79 Å². The van der Waals surface area contributed by atoms with Crippen LogP contribution < -0.4 is 5.32 Å². The summed E-state index contributed by atoms with van der Waals surface area (Å²) in [6.45, 7) is 12.5. The van der Waals surface area contributed by atoms with Crippen molar-refractivity contribution in [3.63, 3.8) is 0 Å². The molecule has 2 unspecified atom stereocenters. The first kappa shape index (κ1) is 17.8. The fourth-order valence-electron chi connectivity index (χ4n) is 2.89. The van der Waals surface area contributed by atoms with Crippen molar-refractivity contribution in [1.82, 2.24) is 10.2 Å². The number of carbonyl (C=O) groups is 1. The molecule has 0 bridgehead atoms. The van der Waals surface area contributed by atoms with E-state index in [2.05, 4.69) is 43.4 Å². The Labute approximate surface area is 140 Å². The fraction of sp³-hybridized carbons (Fsp3) is 0.632. The molecule has 0 saturated carbocycles. The Bertz CT molecular complexity index is 536. The summed E-state index contributed by atoms with van der Waals surface area (Å²) in [5.41, 5.74) is 2.17. The van der Waals surface area contributed by atoms with Gasteiger partial charge in [0.2, 0.25) is 0 Å². The number of hydrogen-bond acceptors (Lipinski definition) is 3. The largest absolute Gasteiger partial charge is 0.444 e. The highest BCUT2D eigenvalue weighted by Gasteiger charge is 2.29. The lowest BCUT2D eigenvalue weighted by Crippen LogP contribution is -2.36. The smallest absolute Gasteiger partial charge is 0.410 e. The molecule has 1 N–H and O–H groups in total. The van der Waals surface area contributed by atoms with Crippen molar-refractivity contribution in [2.24, 2.45) is 5.92 Å². The summed E-state index contributed by atoms with van der Waals surface area (Å²) in [7, 11) is 0. The lowest BCUT2D eigenvalue weighted by molar-refractivity contribution is 0.0288. The van der Waals surface area contributed by atoms with Crippen LogP contribution in [0.3, 0.4) is 0 Å². The molecule has 23 heavy (non-hydrogen) atoms. The van der Waals surface area contributed by atoms with E-state index in [1.165, 1.54) is 11.1 Å². The van der Waals surface area contributed by atoms with Crippen molar-refractivity contribution in [1.29, 1.82) is 0 Å². The Balaban J connectivity index is 1.78. The lowest BCUT2D eigenvalue weighted by Gasteiger charge is -2.24. The van der Waals surface area contributed by atoms with Crippen LogP contribution in [-0.2, 0) is 4.74 Å². The lowest BCUT2D eigenvalue weighted by atomic mass is 10.0. The monoisotopic (exact) mass is 318 g/mol. The number of hydrogen-bond donors (Lipinski definition) is 1. The molecule has 4 nitrogen and oxygen atoms in total. The van der Waals surface area contributed by atoms with Crippen LogP contribution in [0.1, 0.15) is 51.3 Å². The minimum absolute atomic E-state index is 0.188. The minimum atomic E-state index is -0.424. The van der Waals surface area contributed by atoms with Gasteiger partial charge in [-0.2, -0.15) is 0 Å². The quantitative estimate of drug-likeness (QED) is 0.915. The molecule has 2 atom stereocenters.